The zero-order valence-corrected chi connectivity index (χ0v) is 14.7. The molecule has 2 N–H and O–H groups in total. The summed E-state index contributed by atoms with van der Waals surface area (Å²) < 4.78 is 4.84. The lowest BCUT2D eigenvalue weighted by Crippen LogP contribution is -2.38. The first-order valence-corrected chi connectivity index (χ1v) is 8.73. The van der Waals surface area contributed by atoms with Gasteiger partial charge < -0.3 is 15.4 Å². The number of aromatic nitrogens is 2. The number of fused-ring (bicyclic) bond motifs is 1. The molecule has 1 amide bonds. The molecular formula is C16H20N4O3S. The standard InChI is InChI=1S/C16H20N4O3S/c1-8-11-13(20-10-6-4-5-7-17-14(10)21)18-9(2)19-15(11)24-12(8)16(22)23-3/h10H,4-7H2,1-3H3,(H,17,21)(H,18,19,20)/t10-/m0/s1. The number of anilines is 1. The third kappa shape index (κ3) is 3.06. The summed E-state index contributed by atoms with van der Waals surface area (Å²) in [7, 11) is 1.36. The molecule has 8 heteroatoms. The fraction of sp³-hybridized carbons (Fsp3) is 0.500. The molecule has 1 atom stereocenters. The smallest absolute Gasteiger partial charge is 0.348 e. The molecule has 128 valence electrons. The maximum absolute atomic E-state index is 12.2. The predicted octanol–water partition coefficient (Wildman–Crippen LogP) is 2.18. The number of methoxy groups -OCH3 is 1. The van der Waals surface area contributed by atoms with Gasteiger partial charge in [-0.25, -0.2) is 14.8 Å². The highest BCUT2D eigenvalue weighted by Crippen LogP contribution is 2.34. The predicted molar refractivity (Wildman–Crippen MR) is 92.5 cm³/mol. The first-order valence-electron chi connectivity index (χ1n) is 7.91. The molecule has 0 unspecified atom stereocenters. The van der Waals surface area contributed by atoms with Gasteiger partial charge in [0.1, 0.15) is 27.4 Å². The number of carbonyl (C=O) groups is 2. The van der Waals surface area contributed by atoms with Crippen LogP contribution in [0.3, 0.4) is 0 Å². The first kappa shape index (κ1) is 16.6. The highest BCUT2D eigenvalue weighted by Gasteiger charge is 2.25. The number of ether oxygens (including phenoxy) is 1. The molecule has 1 aliphatic heterocycles. The lowest BCUT2D eigenvalue weighted by molar-refractivity contribution is -0.121. The van der Waals surface area contributed by atoms with E-state index in [1.54, 1.807) is 6.92 Å². The van der Waals surface area contributed by atoms with Crippen molar-refractivity contribution < 1.29 is 14.3 Å². The molecule has 0 aromatic carbocycles. The molecule has 3 rings (SSSR count). The zero-order valence-electron chi connectivity index (χ0n) is 13.9. The zero-order chi connectivity index (χ0) is 17.3. The van der Waals surface area contributed by atoms with Gasteiger partial charge in [-0.3, -0.25) is 4.79 Å². The van der Waals surface area contributed by atoms with Gasteiger partial charge in [-0.1, -0.05) is 0 Å². The van der Waals surface area contributed by atoms with Gasteiger partial charge in [-0.05, 0) is 38.7 Å². The Morgan fingerprint density at radius 1 is 1.33 bits per heavy atom. The maximum atomic E-state index is 12.2. The number of thiophene rings is 1. The molecule has 1 saturated heterocycles. The molecule has 24 heavy (non-hydrogen) atoms. The summed E-state index contributed by atoms with van der Waals surface area (Å²) in [4.78, 5) is 34.3. The Morgan fingerprint density at radius 2 is 2.12 bits per heavy atom. The normalized spacial score (nSPS) is 18.1. The second kappa shape index (κ2) is 6.72. The Bertz CT molecular complexity index is 802. The number of hydrogen-bond donors (Lipinski definition) is 2. The van der Waals surface area contributed by atoms with Gasteiger partial charge in [0.2, 0.25) is 5.91 Å². The summed E-state index contributed by atoms with van der Waals surface area (Å²) in [5, 5.41) is 6.95. The van der Waals surface area contributed by atoms with Gasteiger partial charge in [0, 0.05) is 6.54 Å². The van der Waals surface area contributed by atoms with E-state index in [2.05, 4.69) is 20.6 Å². The van der Waals surface area contributed by atoms with E-state index >= 15 is 0 Å². The molecule has 0 saturated carbocycles. The van der Waals surface area contributed by atoms with Crippen molar-refractivity contribution in [3.8, 4) is 0 Å². The fourth-order valence-corrected chi connectivity index (χ4v) is 4.02. The second-order valence-corrected chi connectivity index (χ2v) is 6.83. The molecular weight excluding hydrogens is 328 g/mol. The number of rotatable bonds is 3. The first-order chi connectivity index (χ1) is 11.5. The molecule has 7 nitrogen and oxygen atoms in total. The van der Waals surface area contributed by atoms with Crippen molar-refractivity contribution in [1.29, 1.82) is 0 Å². The molecule has 3 heterocycles. The van der Waals surface area contributed by atoms with Crippen LogP contribution >= 0.6 is 11.3 Å². The van der Waals surface area contributed by atoms with Crippen LogP contribution in [0.15, 0.2) is 0 Å². The molecule has 1 aliphatic rings. The van der Waals surface area contributed by atoms with Crippen LogP contribution in [0.2, 0.25) is 0 Å². The van der Waals surface area contributed by atoms with Crippen molar-refractivity contribution in [2.75, 3.05) is 19.0 Å². The lowest BCUT2D eigenvalue weighted by Gasteiger charge is -2.17. The molecule has 0 bridgehead atoms. The van der Waals surface area contributed by atoms with Crippen LogP contribution in [0.25, 0.3) is 10.2 Å². The molecule has 0 spiro atoms. The van der Waals surface area contributed by atoms with Gasteiger partial charge in [-0.15, -0.1) is 11.3 Å². The highest BCUT2D eigenvalue weighted by atomic mass is 32.1. The van der Waals surface area contributed by atoms with E-state index in [4.69, 9.17) is 4.74 Å². The number of aryl methyl sites for hydroxylation is 2. The highest BCUT2D eigenvalue weighted by molar-refractivity contribution is 7.20. The Balaban J connectivity index is 2.04. The quantitative estimate of drug-likeness (QED) is 0.826. The molecule has 2 aromatic rings. The minimum atomic E-state index is -0.383. The number of amides is 1. The molecule has 1 fully saturated rings. The van der Waals surface area contributed by atoms with Crippen LogP contribution in [0.5, 0.6) is 0 Å². The number of esters is 1. The van der Waals surface area contributed by atoms with E-state index in [1.807, 2.05) is 6.92 Å². The van der Waals surface area contributed by atoms with Crippen LogP contribution in [0.4, 0.5) is 5.82 Å². The van der Waals surface area contributed by atoms with E-state index in [0.29, 0.717) is 23.1 Å². The van der Waals surface area contributed by atoms with Gasteiger partial charge in [0.15, 0.2) is 0 Å². The number of nitrogens with one attached hydrogen (secondary N) is 2. The van der Waals surface area contributed by atoms with Crippen LogP contribution < -0.4 is 10.6 Å². The van der Waals surface area contributed by atoms with Crippen molar-refractivity contribution in [2.24, 2.45) is 0 Å². The van der Waals surface area contributed by atoms with Crippen molar-refractivity contribution >= 4 is 39.2 Å². The summed E-state index contributed by atoms with van der Waals surface area (Å²) in [5.74, 6) is 0.796. The Hall–Kier alpha value is -2.22. The number of carbonyl (C=O) groups excluding carboxylic acids is 2. The summed E-state index contributed by atoms with van der Waals surface area (Å²) in [6.45, 7) is 4.35. The van der Waals surface area contributed by atoms with E-state index < -0.39 is 0 Å². The van der Waals surface area contributed by atoms with Crippen LogP contribution in [0.1, 0.15) is 40.3 Å². The maximum Gasteiger partial charge on any atom is 0.348 e. The van der Waals surface area contributed by atoms with Crippen molar-refractivity contribution in [2.45, 2.75) is 39.2 Å². The van der Waals surface area contributed by atoms with Crippen molar-refractivity contribution in [3.05, 3.63) is 16.3 Å². The lowest BCUT2D eigenvalue weighted by atomic mass is 10.1. The summed E-state index contributed by atoms with van der Waals surface area (Å²) >= 11 is 1.29. The van der Waals surface area contributed by atoms with Crippen molar-refractivity contribution in [1.82, 2.24) is 15.3 Å². The van der Waals surface area contributed by atoms with Gasteiger partial charge in [-0.2, -0.15) is 0 Å². The van der Waals surface area contributed by atoms with E-state index in [0.717, 1.165) is 35.0 Å². The topological polar surface area (TPSA) is 93.2 Å². The SMILES string of the molecule is COC(=O)c1sc2nc(C)nc(N[C@H]3CCCCNC3=O)c2c1C. The monoisotopic (exact) mass is 348 g/mol. The van der Waals surface area contributed by atoms with Gasteiger partial charge in [0.25, 0.3) is 0 Å². The second-order valence-electron chi connectivity index (χ2n) is 5.83. The van der Waals surface area contributed by atoms with Crippen LogP contribution in [-0.4, -0.2) is 41.5 Å². The number of hydrogen-bond acceptors (Lipinski definition) is 7. The van der Waals surface area contributed by atoms with Crippen molar-refractivity contribution in [3.63, 3.8) is 0 Å². The number of nitrogens with zero attached hydrogens (tertiary/aromatic N) is 2. The third-order valence-corrected chi connectivity index (χ3v) is 5.28. The van der Waals surface area contributed by atoms with Gasteiger partial charge >= 0.3 is 5.97 Å². The Morgan fingerprint density at radius 3 is 2.88 bits per heavy atom. The Labute approximate surface area is 143 Å². The Kier molecular flexibility index (Phi) is 4.66. The average molecular weight is 348 g/mol. The molecule has 0 radical (unpaired) electrons. The summed E-state index contributed by atoms with van der Waals surface area (Å²) in [6.07, 6.45) is 2.70. The minimum Gasteiger partial charge on any atom is -0.465 e. The van der Waals surface area contributed by atoms with Crippen LogP contribution in [-0.2, 0) is 9.53 Å². The largest absolute Gasteiger partial charge is 0.465 e. The minimum absolute atomic E-state index is 0.0158. The van der Waals surface area contributed by atoms with Gasteiger partial charge in [0.05, 0.1) is 12.5 Å². The molecule has 2 aromatic heterocycles. The molecule has 0 aliphatic carbocycles. The third-order valence-electron chi connectivity index (χ3n) is 4.12. The van der Waals surface area contributed by atoms with E-state index in [-0.39, 0.29) is 17.9 Å². The summed E-state index contributed by atoms with van der Waals surface area (Å²) in [5.41, 5.74) is 0.776. The van der Waals surface area contributed by atoms with E-state index in [1.165, 1.54) is 18.4 Å². The van der Waals surface area contributed by atoms with E-state index in [9.17, 15) is 9.59 Å². The van der Waals surface area contributed by atoms with Crippen LogP contribution in [0, 0.1) is 13.8 Å². The fourth-order valence-electron chi connectivity index (χ4n) is 2.88. The average Bonchev–Trinajstić information content (AvgIpc) is 2.74. The summed E-state index contributed by atoms with van der Waals surface area (Å²) in [6, 6.07) is -0.328.